The number of aryl methyl sites for hydroxylation is 2. The molecule has 2 aliphatic heterocycles. The summed E-state index contributed by atoms with van der Waals surface area (Å²) in [4.78, 5) is 17.7. The minimum absolute atomic E-state index is 0.0328. The summed E-state index contributed by atoms with van der Waals surface area (Å²) in [6.45, 7) is 12.4. The largest absolute Gasteiger partial charge is 0.326 e. The lowest BCUT2D eigenvalue weighted by Gasteiger charge is -2.39. The maximum atomic E-state index is 13.2. The fourth-order valence-electron chi connectivity index (χ4n) is 4.78. The summed E-state index contributed by atoms with van der Waals surface area (Å²) in [6.07, 6.45) is 4.49. The average Bonchev–Trinajstić information content (AvgIpc) is 3.01. The van der Waals surface area contributed by atoms with Crippen LogP contribution in [0.15, 0.2) is 54.1 Å². The maximum absolute atomic E-state index is 13.2. The number of hydrogen-bond donors (Lipinski definition) is 1. The van der Waals surface area contributed by atoms with E-state index in [0.717, 1.165) is 56.0 Å². The number of benzene rings is 2. The molecule has 4 heteroatoms. The van der Waals surface area contributed by atoms with Gasteiger partial charge in [0.2, 0.25) is 0 Å². The molecule has 0 aromatic heterocycles. The molecule has 2 aromatic rings. The van der Waals surface area contributed by atoms with Crippen LogP contribution in [-0.2, 0) is 5.41 Å². The first kappa shape index (κ1) is 20.7. The normalized spacial score (nSPS) is 17.7. The summed E-state index contributed by atoms with van der Waals surface area (Å²) in [6, 6.07) is 14.5. The molecule has 0 aliphatic carbocycles. The summed E-state index contributed by atoms with van der Waals surface area (Å²) >= 11 is 0. The number of carbonyl (C=O) groups excluding carboxylic acids is 1. The number of anilines is 2. The molecule has 4 rings (SSSR count). The minimum atomic E-state index is -0.0328. The van der Waals surface area contributed by atoms with Crippen molar-refractivity contribution >= 4 is 17.4 Å². The number of nitrogens with one attached hydrogen (secondary N) is 1. The van der Waals surface area contributed by atoms with Crippen LogP contribution in [0.4, 0.5) is 16.2 Å². The first-order chi connectivity index (χ1) is 14.4. The summed E-state index contributed by atoms with van der Waals surface area (Å²) in [7, 11) is 0. The van der Waals surface area contributed by atoms with Gasteiger partial charge in [-0.15, -0.1) is 0 Å². The van der Waals surface area contributed by atoms with Crippen molar-refractivity contribution in [3.63, 3.8) is 0 Å². The number of piperidine rings is 1. The molecule has 0 atom stereocenters. The van der Waals surface area contributed by atoms with Gasteiger partial charge in [0, 0.05) is 29.9 Å². The Bertz CT molecular complexity index is 966. The summed E-state index contributed by atoms with van der Waals surface area (Å²) in [5.74, 6) is 0. The average molecular weight is 404 g/mol. The van der Waals surface area contributed by atoms with Gasteiger partial charge in [-0.1, -0.05) is 41.5 Å². The number of hydrogen-bond acceptors (Lipinski definition) is 2. The van der Waals surface area contributed by atoms with Crippen molar-refractivity contribution in [2.45, 2.75) is 46.0 Å². The standard InChI is InChI=1S/C26H33N3O/c1-19(2)10-13-28-14-11-26(12-15-28)18-29(24-9-8-21(4)17-23(24)26)25(30)27-22-7-5-6-20(3)16-22/h5-10,16-17H,11-15,18H2,1-4H3,(H,27,30). The Hall–Kier alpha value is -2.59. The molecule has 2 amide bonds. The zero-order valence-electron chi connectivity index (χ0n) is 18.7. The van der Waals surface area contributed by atoms with E-state index in [1.54, 1.807) is 0 Å². The molecular weight excluding hydrogens is 370 g/mol. The van der Waals surface area contributed by atoms with Gasteiger partial charge in [0.05, 0.1) is 0 Å². The highest BCUT2D eigenvalue weighted by Crippen LogP contribution is 2.47. The monoisotopic (exact) mass is 403 g/mol. The van der Waals surface area contributed by atoms with Crippen LogP contribution in [0.5, 0.6) is 0 Å². The van der Waals surface area contributed by atoms with Gasteiger partial charge in [-0.3, -0.25) is 9.80 Å². The van der Waals surface area contributed by atoms with Crippen LogP contribution < -0.4 is 10.2 Å². The third-order valence-corrected chi connectivity index (χ3v) is 6.56. The fourth-order valence-corrected chi connectivity index (χ4v) is 4.78. The zero-order chi connectivity index (χ0) is 21.3. The van der Waals surface area contributed by atoms with Crippen LogP contribution in [0.1, 0.15) is 43.4 Å². The lowest BCUT2D eigenvalue weighted by atomic mass is 9.74. The first-order valence-corrected chi connectivity index (χ1v) is 11.0. The van der Waals surface area contributed by atoms with Crippen molar-refractivity contribution in [2.75, 3.05) is 36.4 Å². The number of amides is 2. The van der Waals surface area contributed by atoms with E-state index in [2.05, 4.69) is 55.3 Å². The second-order valence-corrected chi connectivity index (χ2v) is 9.27. The third kappa shape index (κ3) is 4.15. The molecule has 1 spiro atoms. The van der Waals surface area contributed by atoms with Crippen molar-refractivity contribution < 1.29 is 4.79 Å². The molecule has 4 nitrogen and oxygen atoms in total. The molecule has 2 aliphatic rings. The molecule has 30 heavy (non-hydrogen) atoms. The van der Waals surface area contributed by atoms with Crippen LogP contribution in [0.2, 0.25) is 0 Å². The lowest BCUT2D eigenvalue weighted by Crippen LogP contribution is -2.46. The molecule has 1 saturated heterocycles. The van der Waals surface area contributed by atoms with E-state index < -0.39 is 0 Å². The van der Waals surface area contributed by atoms with Gasteiger partial charge in [0.25, 0.3) is 0 Å². The molecule has 0 bridgehead atoms. The topological polar surface area (TPSA) is 35.6 Å². The number of rotatable bonds is 3. The number of allylic oxidation sites excluding steroid dienone is 1. The predicted octanol–water partition coefficient (Wildman–Crippen LogP) is 5.66. The van der Waals surface area contributed by atoms with Gasteiger partial charge in [0.15, 0.2) is 0 Å². The van der Waals surface area contributed by atoms with Crippen molar-refractivity contribution in [3.05, 3.63) is 70.8 Å². The second kappa shape index (κ2) is 8.27. The Balaban J connectivity index is 1.56. The van der Waals surface area contributed by atoms with Gasteiger partial charge in [0.1, 0.15) is 0 Å². The Morgan fingerprint density at radius 3 is 2.50 bits per heavy atom. The van der Waals surface area contributed by atoms with E-state index in [1.165, 1.54) is 16.7 Å². The van der Waals surface area contributed by atoms with Crippen molar-refractivity contribution in [1.29, 1.82) is 0 Å². The van der Waals surface area contributed by atoms with E-state index in [4.69, 9.17) is 0 Å². The molecule has 0 saturated carbocycles. The molecule has 2 aromatic carbocycles. The van der Waals surface area contributed by atoms with Crippen molar-refractivity contribution in [2.24, 2.45) is 0 Å². The highest BCUT2D eigenvalue weighted by atomic mass is 16.2. The maximum Gasteiger partial charge on any atom is 0.326 e. The predicted molar refractivity (Wildman–Crippen MR) is 126 cm³/mol. The third-order valence-electron chi connectivity index (χ3n) is 6.56. The lowest BCUT2D eigenvalue weighted by molar-refractivity contribution is 0.180. The molecule has 1 fully saturated rings. The first-order valence-electron chi connectivity index (χ1n) is 11.0. The number of fused-ring (bicyclic) bond motifs is 2. The molecule has 158 valence electrons. The number of likely N-dealkylation sites (tertiary alicyclic amines) is 1. The van der Waals surface area contributed by atoms with Gasteiger partial charge in [-0.25, -0.2) is 4.79 Å². The smallest absolute Gasteiger partial charge is 0.308 e. The van der Waals surface area contributed by atoms with E-state index in [-0.39, 0.29) is 11.4 Å². The Labute approximate surface area is 180 Å². The number of urea groups is 1. The van der Waals surface area contributed by atoms with E-state index in [1.807, 2.05) is 36.1 Å². The van der Waals surface area contributed by atoms with Crippen molar-refractivity contribution in [1.82, 2.24) is 4.90 Å². The quantitative estimate of drug-likeness (QED) is 0.672. The van der Waals surface area contributed by atoms with Crippen LogP contribution in [-0.4, -0.2) is 37.1 Å². The summed E-state index contributed by atoms with van der Waals surface area (Å²) in [5, 5.41) is 3.11. The van der Waals surface area contributed by atoms with Crippen LogP contribution >= 0.6 is 0 Å². The Morgan fingerprint density at radius 2 is 1.80 bits per heavy atom. The summed E-state index contributed by atoms with van der Waals surface area (Å²) in [5.41, 5.74) is 7.12. The molecule has 2 heterocycles. The fraction of sp³-hybridized carbons (Fsp3) is 0.423. The van der Waals surface area contributed by atoms with Crippen LogP contribution in [0, 0.1) is 13.8 Å². The number of carbonyl (C=O) groups is 1. The second-order valence-electron chi connectivity index (χ2n) is 9.27. The van der Waals surface area contributed by atoms with Gasteiger partial charge < -0.3 is 5.32 Å². The zero-order valence-corrected chi connectivity index (χ0v) is 18.7. The SMILES string of the molecule is CC(C)=CCN1CCC2(CC1)CN(C(=O)Nc1cccc(C)c1)c1ccc(C)cc12. The van der Waals surface area contributed by atoms with E-state index in [9.17, 15) is 4.79 Å². The van der Waals surface area contributed by atoms with Crippen molar-refractivity contribution in [3.8, 4) is 0 Å². The van der Waals surface area contributed by atoms with Gasteiger partial charge in [-0.2, -0.15) is 0 Å². The Morgan fingerprint density at radius 1 is 1.07 bits per heavy atom. The number of nitrogens with zero attached hydrogens (tertiary/aromatic N) is 2. The molecule has 1 N–H and O–H groups in total. The molecule has 0 radical (unpaired) electrons. The van der Waals surface area contributed by atoms with E-state index in [0.29, 0.717) is 0 Å². The molecular formula is C26H33N3O. The summed E-state index contributed by atoms with van der Waals surface area (Å²) < 4.78 is 0. The minimum Gasteiger partial charge on any atom is -0.308 e. The Kier molecular flexibility index (Phi) is 5.70. The van der Waals surface area contributed by atoms with Gasteiger partial charge >= 0.3 is 6.03 Å². The molecule has 0 unspecified atom stereocenters. The van der Waals surface area contributed by atoms with Crippen LogP contribution in [0.25, 0.3) is 0 Å². The van der Waals surface area contributed by atoms with E-state index >= 15 is 0 Å². The van der Waals surface area contributed by atoms with Gasteiger partial charge in [-0.05, 0) is 83.0 Å². The van der Waals surface area contributed by atoms with Crippen LogP contribution in [0.3, 0.4) is 0 Å². The highest BCUT2D eigenvalue weighted by Gasteiger charge is 2.46. The highest BCUT2D eigenvalue weighted by molar-refractivity contribution is 6.03.